The predicted octanol–water partition coefficient (Wildman–Crippen LogP) is 2.36. The molecule has 0 aliphatic heterocycles. The van der Waals surface area contributed by atoms with E-state index in [1.54, 1.807) is 7.11 Å². The summed E-state index contributed by atoms with van der Waals surface area (Å²) in [7, 11) is 1.65. The van der Waals surface area contributed by atoms with Gasteiger partial charge in [-0.2, -0.15) is 0 Å². The van der Waals surface area contributed by atoms with Crippen molar-refractivity contribution in [2.45, 2.75) is 19.3 Å². The summed E-state index contributed by atoms with van der Waals surface area (Å²) in [5, 5.41) is 0. The van der Waals surface area contributed by atoms with Gasteiger partial charge in [-0.25, -0.2) is 0 Å². The maximum atomic E-state index is 11.5. The number of para-hydroxylation sites is 1. The second-order valence-corrected chi connectivity index (χ2v) is 3.94. The van der Waals surface area contributed by atoms with Crippen molar-refractivity contribution in [1.29, 1.82) is 0 Å². The van der Waals surface area contributed by atoms with E-state index in [9.17, 15) is 4.79 Å². The topological polar surface area (TPSA) is 35.5 Å². The standard InChI is InChI=1S/C13H16O3/c1-3-16-13(14)11-8-10(11)9-6-4-5-7-12(9)15-2/h4-7,10-11H,3,8H2,1-2H3/t10-,11+/m1/s1. The molecule has 1 aromatic rings. The van der Waals surface area contributed by atoms with E-state index in [0.29, 0.717) is 6.61 Å². The molecule has 1 fully saturated rings. The third-order valence-corrected chi connectivity index (χ3v) is 2.92. The molecule has 3 heteroatoms. The molecular weight excluding hydrogens is 204 g/mol. The molecule has 1 aliphatic rings. The fourth-order valence-electron chi connectivity index (χ4n) is 2.02. The van der Waals surface area contributed by atoms with Crippen LogP contribution in [0.4, 0.5) is 0 Å². The highest BCUT2D eigenvalue weighted by Crippen LogP contribution is 2.50. The van der Waals surface area contributed by atoms with Crippen LogP contribution in [0.1, 0.15) is 24.8 Å². The Morgan fingerprint density at radius 2 is 2.19 bits per heavy atom. The molecule has 1 saturated carbocycles. The Hall–Kier alpha value is -1.51. The quantitative estimate of drug-likeness (QED) is 0.731. The molecule has 0 amide bonds. The van der Waals surface area contributed by atoms with Gasteiger partial charge in [0, 0.05) is 5.92 Å². The SMILES string of the molecule is CCOC(=O)[C@H]1C[C@@H]1c1ccccc1OC. The van der Waals surface area contributed by atoms with Crippen molar-refractivity contribution in [1.82, 2.24) is 0 Å². The molecule has 2 atom stereocenters. The number of esters is 1. The van der Waals surface area contributed by atoms with Crippen molar-refractivity contribution in [2.24, 2.45) is 5.92 Å². The Balaban J connectivity index is 2.08. The number of hydrogen-bond acceptors (Lipinski definition) is 3. The Bertz CT molecular complexity index is 387. The summed E-state index contributed by atoms with van der Waals surface area (Å²) in [6, 6.07) is 7.85. The first-order valence-electron chi connectivity index (χ1n) is 5.57. The third kappa shape index (κ3) is 2.03. The fraction of sp³-hybridized carbons (Fsp3) is 0.462. The van der Waals surface area contributed by atoms with Gasteiger partial charge in [0.2, 0.25) is 0 Å². The lowest BCUT2D eigenvalue weighted by molar-refractivity contribution is -0.144. The Morgan fingerprint density at radius 3 is 2.88 bits per heavy atom. The second kappa shape index (κ2) is 4.56. The average molecular weight is 220 g/mol. The summed E-state index contributed by atoms with van der Waals surface area (Å²) in [6.07, 6.45) is 0.874. The van der Waals surface area contributed by atoms with Gasteiger partial charge in [0.15, 0.2) is 0 Å². The zero-order chi connectivity index (χ0) is 11.5. The average Bonchev–Trinajstić information content (AvgIpc) is 3.09. The van der Waals surface area contributed by atoms with E-state index in [2.05, 4.69) is 0 Å². The fourth-order valence-corrected chi connectivity index (χ4v) is 2.02. The van der Waals surface area contributed by atoms with Crippen LogP contribution in [0, 0.1) is 5.92 Å². The van der Waals surface area contributed by atoms with Gasteiger partial charge in [-0.3, -0.25) is 4.79 Å². The number of carbonyl (C=O) groups excluding carboxylic acids is 1. The highest BCUT2D eigenvalue weighted by Gasteiger charge is 2.46. The number of carbonyl (C=O) groups is 1. The van der Waals surface area contributed by atoms with Crippen molar-refractivity contribution in [2.75, 3.05) is 13.7 Å². The van der Waals surface area contributed by atoms with E-state index in [-0.39, 0.29) is 17.8 Å². The van der Waals surface area contributed by atoms with Crippen LogP contribution in [0.3, 0.4) is 0 Å². The minimum atomic E-state index is -0.0848. The summed E-state index contributed by atoms with van der Waals surface area (Å²) in [5.74, 6) is 1.07. The van der Waals surface area contributed by atoms with E-state index in [0.717, 1.165) is 17.7 Å². The molecule has 86 valence electrons. The molecule has 0 aromatic heterocycles. The van der Waals surface area contributed by atoms with Gasteiger partial charge in [-0.1, -0.05) is 18.2 Å². The normalized spacial score (nSPS) is 22.6. The van der Waals surface area contributed by atoms with E-state index in [1.807, 2.05) is 31.2 Å². The number of ether oxygens (including phenoxy) is 2. The number of benzene rings is 1. The summed E-state index contributed by atoms with van der Waals surface area (Å²) in [4.78, 5) is 11.5. The Labute approximate surface area is 95.4 Å². The summed E-state index contributed by atoms with van der Waals surface area (Å²) in [6.45, 7) is 2.28. The minimum Gasteiger partial charge on any atom is -0.496 e. The van der Waals surface area contributed by atoms with Crippen molar-refractivity contribution in [3.63, 3.8) is 0 Å². The molecule has 16 heavy (non-hydrogen) atoms. The van der Waals surface area contributed by atoms with Crippen LogP contribution in [-0.2, 0) is 9.53 Å². The molecular formula is C13H16O3. The first-order chi connectivity index (χ1) is 7.77. The van der Waals surface area contributed by atoms with Crippen molar-refractivity contribution in [3.05, 3.63) is 29.8 Å². The Morgan fingerprint density at radius 1 is 1.44 bits per heavy atom. The zero-order valence-corrected chi connectivity index (χ0v) is 9.60. The van der Waals surface area contributed by atoms with Gasteiger partial charge < -0.3 is 9.47 Å². The Kier molecular flexibility index (Phi) is 3.13. The number of methoxy groups -OCH3 is 1. The zero-order valence-electron chi connectivity index (χ0n) is 9.60. The minimum absolute atomic E-state index is 0.0243. The lowest BCUT2D eigenvalue weighted by Crippen LogP contribution is -2.07. The summed E-state index contributed by atoms with van der Waals surface area (Å²) in [5.41, 5.74) is 1.11. The van der Waals surface area contributed by atoms with Crippen molar-refractivity contribution >= 4 is 5.97 Å². The van der Waals surface area contributed by atoms with E-state index < -0.39 is 0 Å². The van der Waals surface area contributed by atoms with Gasteiger partial charge in [0.05, 0.1) is 19.6 Å². The molecule has 3 nitrogen and oxygen atoms in total. The highest BCUT2D eigenvalue weighted by atomic mass is 16.5. The highest BCUT2D eigenvalue weighted by molar-refractivity contribution is 5.77. The second-order valence-electron chi connectivity index (χ2n) is 3.94. The van der Waals surface area contributed by atoms with E-state index in [4.69, 9.17) is 9.47 Å². The van der Waals surface area contributed by atoms with Crippen LogP contribution in [0.15, 0.2) is 24.3 Å². The van der Waals surface area contributed by atoms with E-state index in [1.165, 1.54) is 0 Å². The van der Waals surface area contributed by atoms with Crippen LogP contribution >= 0.6 is 0 Å². The molecule has 0 bridgehead atoms. The van der Waals surface area contributed by atoms with Crippen LogP contribution < -0.4 is 4.74 Å². The van der Waals surface area contributed by atoms with Crippen LogP contribution in [0.5, 0.6) is 5.75 Å². The predicted molar refractivity (Wildman–Crippen MR) is 60.5 cm³/mol. The van der Waals surface area contributed by atoms with Gasteiger partial charge in [0.1, 0.15) is 5.75 Å². The van der Waals surface area contributed by atoms with Gasteiger partial charge in [-0.15, -0.1) is 0 Å². The van der Waals surface area contributed by atoms with Gasteiger partial charge in [0.25, 0.3) is 0 Å². The van der Waals surface area contributed by atoms with Crippen molar-refractivity contribution < 1.29 is 14.3 Å². The molecule has 0 saturated heterocycles. The van der Waals surface area contributed by atoms with Crippen molar-refractivity contribution in [3.8, 4) is 5.75 Å². The summed E-state index contributed by atoms with van der Waals surface area (Å²) >= 11 is 0. The number of rotatable bonds is 4. The smallest absolute Gasteiger partial charge is 0.309 e. The van der Waals surface area contributed by atoms with Crippen LogP contribution in [0.2, 0.25) is 0 Å². The van der Waals surface area contributed by atoms with Crippen LogP contribution in [0.25, 0.3) is 0 Å². The molecule has 0 N–H and O–H groups in total. The lowest BCUT2D eigenvalue weighted by Gasteiger charge is -2.07. The first-order valence-corrected chi connectivity index (χ1v) is 5.57. The molecule has 0 spiro atoms. The molecule has 1 aliphatic carbocycles. The maximum Gasteiger partial charge on any atom is 0.309 e. The largest absolute Gasteiger partial charge is 0.496 e. The van der Waals surface area contributed by atoms with Gasteiger partial charge >= 0.3 is 5.97 Å². The maximum absolute atomic E-state index is 11.5. The monoisotopic (exact) mass is 220 g/mol. The molecule has 0 heterocycles. The lowest BCUT2D eigenvalue weighted by atomic mass is 10.1. The molecule has 1 aromatic carbocycles. The molecule has 2 rings (SSSR count). The third-order valence-electron chi connectivity index (χ3n) is 2.92. The van der Waals surface area contributed by atoms with Crippen LogP contribution in [-0.4, -0.2) is 19.7 Å². The number of hydrogen-bond donors (Lipinski definition) is 0. The molecule has 0 unspecified atom stereocenters. The first kappa shape index (κ1) is 11.0. The summed E-state index contributed by atoms with van der Waals surface area (Å²) < 4.78 is 10.3. The van der Waals surface area contributed by atoms with E-state index >= 15 is 0 Å². The van der Waals surface area contributed by atoms with Gasteiger partial charge in [-0.05, 0) is 25.0 Å². The molecule has 0 radical (unpaired) electrons.